The van der Waals surface area contributed by atoms with Crippen LogP contribution in [-0.4, -0.2) is 11.6 Å². The molecule has 0 spiro atoms. The van der Waals surface area contributed by atoms with Gasteiger partial charge in [0.2, 0.25) is 0 Å². The second-order valence-corrected chi connectivity index (χ2v) is 6.92. The minimum atomic E-state index is 0.297. The molecule has 4 nitrogen and oxygen atoms in total. The minimum Gasteiger partial charge on any atom is -0.494 e. The van der Waals surface area contributed by atoms with Crippen molar-refractivity contribution in [2.75, 3.05) is 12.3 Å². The van der Waals surface area contributed by atoms with Crippen LogP contribution < -0.4 is 10.5 Å². The molecule has 0 saturated heterocycles. The van der Waals surface area contributed by atoms with Gasteiger partial charge < -0.3 is 10.5 Å². The van der Waals surface area contributed by atoms with E-state index in [1.807, 2.05) is 31.2 Å². The van der Waals surface area contributed by atoms with Gasteiger partial charge in [-0.15, -0.1) is 0 Å². The van der Waals surface area contributed by atoms with Crippen LogP contribution in [0.15, 0.2) is 24.3 Å². The topological polar surface area (TPSA) is 71.9 Å². The smallest absolute Gasteiger partial charge is 0.142 e. The molecule has 0 fully saturated rings. The van der Waals surface area contributed by atoms with E-state index in [0.717, 1.165) is 47.6 Å². The Bertz CT molecular complexity index is 776. The first-order valence-corrected chi connectivity index (χ1v) is 10.0. The summed E-state index contributed by atoms with van der Waals surface area (Å²) in [5.74, 6) is 1.16. The molecule has 0 aliphatic carbocycles. The van der Waals surface area contributed by atoms with Crippen molar-refractivity contribution in [2.24, 2.45) is 0 Å². The van der Waals surface area contributed by atoms with Crippen LogP contribution in [0, 0.1) is 18.3 Å². The SMILES string of the molecule is CCCCCCCCOc1ccc(-c2c(C#N)c(N)nc(C)c2CC)cc1. The standard InChI is InChI=1S/C23H31N3O/c1-4-6-7-8-9-10-15-27-19-13-11-18(12-14-19)22-20(5-2)17(3)26-23(25)21(22)16-24/h11-14H,4-10,15H2,1-3H3,(H2,25,26). The number of benzene rings is 1. The van der Waals surface area contributed by atoms with E-state index in [2.05, 4.69) is 24.9 Å². The monoisotopic (exact) mass is 365 g/mol. The molecule has 27 heavy (non-hydrogen) atoms. The maximum atomic E-state index is 9.55. The molecule has 2 N–H and O–H groups in total. The van der Waals surface area contributed by atoms with Gasteiger partial charge in [0.15, 0.2) is 0 Å². The Kier molecular flexibility index (Phi) is 8.13. The zero-order chi connectivity index (χ0) is 19.6. The summed E-state index contributed by atoms with van der Waals surface area (Å²) in [6.07, 6.45) is 8.32. The number of aryl methyl sites for hydroxylation is 1. The second-order valence-electron chi connectivity index (χ2n) is 6.92. The molecule has 2 rings (SSSR count). The van der Waals surface area contributed by atoms with Crippen molar-refractivity contribution in [1.29, 1.82) is 5.26 Å². The summed E-state index contributed by atoms with van der Waals surface area (Å²) in [7, 11) is 0. The average Bonchev–Trinajstić information content (AvgIpc) is 2.67. The number of pyridine rings is 1. The van der Waals surface area contributed by atoms with Gasteiger partial charge in [-0.2, -0.15) is 5.26 Å². The van der Waals surface area contributed by atoms with Crippen molar-refractivity contribution in [3.63, 3.8) is 0 Å². The Morgan fingerprint density at radius 1 is 1.04 bits per heavy atom. The highest BCUT2D eigenvalue weighted by Gasteiger charge is 2.17. The molecule has 0 aliphatic rings. The molecule has 1 heterocycles. The lowest BCUT2D eigenvalue weighted by Gasteiger charge is -2.15. The lowest BCUT2D eigenvalue weighted by Crippen LogP contribution is -2.05. The van der Waals surface area contributed by atoms with Crippen LogP contribution in [0.5, 0.6) is 5.75 Å². The quantitative estimate of drug-likeness (QED) is 0.539. The Labute approximate surface area is 163 Å². The van der Waals surface area contributed by atoms with Gasteiger partial charge in [-0.3, -0.25) is 0 Å². The fraction of sp³-hybridized carbons (Fsp3) is 0.478. The fourth-order valence-electron chi connectivity index (χ4n) is 3.42. The summed E-state index contributed by atoms with van der Waals surface area (Å²) in [6.45, 7) is 6.99. The van der Waals surface area contributed by atoms with Gasteiger partial charge in [-0.05, 0) is 43.0 Å². The summed E-state index contributed by atoms with van der Waals surface area (Å²) < 4.78 is 5.86. The third-order valence-corrected chi connectivity index (χ3v) is 4.91. The van der Waals surface area contributed by atoms with E-state index in [-0.39, 0.29) is 0 Å². The lowest BCUT2D eigenvalue weighted by atomic mass is 9.93. The number of anilines is 1. The van der Waals surface area contributed by atoms with Gasteiger partial charge in [0, 0.05) is 11.3 Å². The van der Waals surface area contributed by atoms with Gasteiger partial charge in [0.1, 0.15) is 23.2 Å². The normalized spacial score (nSPS) is 10.6. The largest absolute Gasteiger partial charge is 0.494 e. The Morgan fingerprint density at radius 2 is 1.70 bits per heavy atom. The molecule has 0 amide bonds. The van der Waals surface area contributed by atoms with E-state index < -0.39 is 0 Å². The molecule has 0 radical (unpaired) electrons. The van der Waals surface area contributed by atoms with Gasteiger partial charge in [0.05, 0.1) is 6.61 Å². The number of ether oxygens (including phenoxy) is 1. The van der Waals surface area contributed by atoms with Crippen molar-refractivity contribution in [2.45, 2.75) is 65.7 Å². The molecule has 0 atom stereocenters. The van der Waals surface area contributed by atoms with E-state index in [1.54, 1.807) is 0 Å². The van der Waals surface area contributed by atoms with Gasteiger partial charge in [-0.1, -0.05) is 58.1 Å². The number of unbranched alkanes of at least 4 members (excludes halogenated alkanes) is 5. The first-order chi connectivity index (χ1) is 13.1. The molecule has 0 bridgehead atoms. The third kappa shape index (κ3) is 5.47. The Hall–Kier alpha value is -2.54. The van der Waals surface area contributed by atoms with Crippen LogP contribution >= 0.6 is 0 Å². The molecule has 1 aromatic heterocycles. The number of hydrogen-bond acceptors (Lipinski definition) is 4. The second kappa shape index (κ2) is 10.6. The summed E-state index contributed by atoms with van der Waals surface area (Å²) >= 11 is 0. The number of nitrogens with two attached hydrogens (primary N) is 1. The van der Waals surface area contributed by atoms with Crippen LogP contribution in [0.3, 0.4) is 0 Å². The van der Waals surface area contributed by atoms with Crippen LogP contribution in [0.4, 0.5) is 5.82 Å². The molecule has 0 unspecified atom stereocenters. The van der Waals surface area contributed by atoms with Crippen LogP contribution in [0.25, 0.3) is 11.1 Å². The summed E-state index contributed by atoms with van der Waals surface area (Å²) in [5.41, 5.74) is 10.3. The molecule has 0 saturated carbocycles. The number of nitriles is 1. The van der Waals surface area contributed by atoms with Crippen LogP contribution in [0.2, 0.25) is 0 Å². The van der Waals surface area contributed by atoms with Gasteiger partial charge in [-0.25, -0.2) is 4.98 Å². The van der Waals surface area contributed by atoms with E-state index >= 15 is 0 Å². The van der Waals surface area contributed by atoms with Crippen LogP contribution in [-0.2, 0) is 6.42 Å². The molecular weight excluding hydrogens is 334 g/mol. The third-order valence-electron chi connectivity index (χ3n) is 4.91. The molecule has 4 heteroatoms. The minimum absolute atomic E-state index is 0.297. The number of nitrogen functional groups attached to an aromatic ring is 1. The zero-order valence-electron chi connectivity index (χ0n) is 16.8. The number of aromatic nitrogens is 1. The van der Waals surface area contributed by atoms with E-state index in [0.29, 0.717) is 11.4 Å². The highest BCUT2D eigenvalue weighted by Crippen LogP contribution is 2.33. The summed E-state index contributed by atoms with van der Waals surface area (Å²) in [4.78, 5) is 4.33. The van der Waals surface area contributed by atoms with E-state index in [9.17, 15) is 5.26 Å². The first kappa shape index (κ1) is 20.8. The van der Waals surface area contributed by atoms with Crippen molar-refractivity contribution in [1.82, 2.24) is 4.98 Å². The van der Waals surface area contributed by atoms with Crippen molar-refractivity contribution in [3.05, 3.63) is 41.1 Å². The van der Waals surface area contributed by atoms with E-state index in [1.165, 1.54) is 32.1 Å². The predicted molar refractivity (Wildman–Crippen MR) is 112 cm³/mol. The highest BCUT2D eigenvalue weighted by atomic mass is 16.5. The maximum absolute atomic E-state index is 9.55. The van der Waals surface area contributed by atoms with Crippen molar-refractivity contribution < 1.29 is 4.74 Å². The fourth-order valence-corrected chi connectivity index (χ4v) is 3.42. The molecular formula is C23H31N3O. The van der Waals surface area contributed by atoms with E-state index in [4.69, 9.17) is 10.5 Å². The summed E-state index contributed by atoms with van der Waals surface area (Å²) in [6, 6.07) is 10.2. The lowest BCUT2D eigenvalue weighted by molar-refractivity contribution is 0.304. The number of rotatable bonds is 10. The van der Waals surface area contributed by atoms with Crippen molar-refractivity contribution in [3.8, 4) is 22.9 Å². The average molecular weight is 366 g/mol. The summed E-state index contributed by atoms with van der Waals surface area (Å²) in [5, 5.41) is 9.55. The number of nitrogens with zero attached hydrogens (tertiary/aromatic N) is 2. The maximum Gasteiger partial charge on any atom is 0.142 e. The van der Waals surface area contributed by atoms with Crippen molar-refractivity contribution >= 4 is 5.82 Å². The first-order valence-electron chi connectivity index (χ1n) is 10.0. The molecule has 0 aliphatic heterocycles. The Balaban J connectivity index is 2.07. The van der Waals surface area contributed by atoms with Crippen LogP contribution in [0.1, 0.15) is 69.2 Å². The van der Waals surface area contributed by atoms with Gasteiger partial charge >= 0.3 is 0 Å². The molecule has 144 valence electrons. The number of hydrogen-bond donors (Lipinski definition) is 1. The molecule has 1 aromatic carbocycles. The highest BCUT2D eigenvalue weighted by molar-refractivity contribution is 5.79. The predicted octanol–water partition coefficient (Wildman–Crippen LogP) is 5.81. The van der Waals surface area contributed by atoms with Gasteiger partial charge in [0.25, 0.3) is 0 Å². The Morgan fingerprint density at radius 3 is 2.33 bits per heavy atom. The molecule has 2 aromatic rings. The zero-order valence-corrected chi connectivity index (χ0v) is 16.8.